The number of nitrogens with one attached hydrogen (secondary N) is 1. The van der Waals surface area contributed by atoms with Crippen LogP contribution >= 0.6 is 24.8 Å². The zero-order valence-electron chi connectivity index (χ0n) is 5.91. The maximum Gasteiger partial charge on any atom is 0.0704 e. The summed E-state index contributed by atoms with van der Waals surface area (Å²) in [6, 6.07) is 0. The highest BCUT2D eigenvalue weighted by Gasteiger charge is 2.15. The summed E-state index contributed by atoms with van der Waals surface area (Å²) in [5.74, 6) is 0. The number of hydrogen-bond donors (Lipinski definition) is 1. The molecule has 1 saturated heterocycles. The second-order valence-corrected chi connectivity index (χ2v) is 2.24. The molecule has 2 aliphatic rings. The fraction of sp³-hybridized carbons (Fsp3) is 0.500. The van der Waals surface area contributed by atoms with E-state index < -0.39 is 0 Å². The summed E-state index contributed by atoms with van der Waals surface area (Å²) in [4.78, 5) is 0. The van der Waals surface area contributed by atoms with E-state index in [-0.39, 0.29) is 24.8 Å². The predicted octanol–water partition coefficient (Wildman–Crippen LogP) is 0.681. The van der Waals surface area contributed by atoms with E-state index in [2.05, 4.69) is 15.8 Å². The van der Waals surface area contributed by atoms with Crippen molar-refractivity contribution in [3.63, 3.8) is 0 Å². The lowest BCUT2D eigenvalue weighted by Gasteiger charge is -2.12. The van der Waals surface area contributed by atoms with Gasteiger partial charge < -0.3 is 5.32 Å². The van der Waals surface area contributed by atoms with Crippen LogP contribution in [0.2, 0.25) is 0 Å². The molecule has 0 spiro atoms. The van der Waals surface area contributed by atoms with E-state index in [1.807, 2.05) is 6.20 Å². The predicted molar refractivity (Wildman–Crippen MR) is 49.6 cm³/mol. The standard InChI is InChI=1S/C6H8N3.2ClH/c1-2-7-3-5-4-8-9-6(1)5;;/h4,7H,1-3H2;2*1H. The Morgan fingerprint density at radius 3 is 2.91 bits per heavy atom. The van der Waals surface area contributed by atoms with Gasteiger partial charge in [0.2, 0.25) is 0 Å². The SMILES string of the molecule is C1=C2CNCCC2=N[N]1.Cl.Cl. The fourth-order valence-corrected chi connectivity index (χ4v) is 1.10. The van der Waals surface area contributed by atoms with Gasteiger partial charge in [0.05, 0.1) is 11.9 Å². The largest absolute Gasteiger partial charge is 0.312 e. The number of nitrogens with zero attached hydrogens (tertiary/aromatic N) is 2. The zero-order chi connectivity index (χ0) is 6.10. The van der Waals surface area contributed by atoms with Crippen molar-refractivity contribution in [3.05, 3.63) is 11.8 Å². The van der Waals surface area contributed by atoms with Crippen LogP contribution in [0.3, 0.4) is 0 Å². The third kappa shape index (κ3) is 2.09. The van der Waals surface area contributed by atoms with Gasteiger partial charge in [0.1, 0.15) is 0 Å². The summed E-state index contributed by atoms with van der Waals surface area (Å²) in [7, 11) is 0. The Balaban J connectivity index is 0.000000500. The average Bonchev–Trinajstić information content (AvgIpc) is 2.33. The van der Waals surface area contributed by atoms with Gasteiger partial charge in [-0.05, 0) is 0 Å². The lowest BCUT2D eigenvalue weighted by Crippen LogP contribution is -2.29. The molecule has 0 amide bonds. The van der Waals surface area contributed by atoms with Crippen LogP contribution in [0.15, 0.2) is 16.9 Å². The first-order valence-electron chi connectivity index (χ1n) is 3.13. The summed E-state index contributed by atoms with van der Waals surface area (Å²) >= 11 is 0. The topological polar surface area (TPSA) is 38.5 Å². The number of rotatable bonds is 0. The first-order chi connectivity index (χ1) is 4.47. The minimum Gasteiger partial charge on any atom is -0.312 e. The van der Waals surface area contributed by atoms with Gasteiger partial charge in [-0.2, -0.15) is 10.5 Å². The molecule has 0 aromatic heterocycles. The molecule has 1 radical (unpaired) electrons. The molecule has 0 aliphatic carbocycles. The van der Waals surface area contributed by atoms with Crippen LogP contribution < -0.4 is 10.7 Å². The Bertz CT molecular complexity index is 168. The van der Waals surface area contributed by atoms with Gasteiger partial charge >= 0.3 is 0 Å². The molecule has 0 atom stereocenters. The van der Waals surface area contributed by atoms with Gasteiger partial charge in [0.25, 0.3) is 0 Å². The zero-order valence-corrected chi connectivity index (χ0v) is 7.54. The van der Waals surface area contributed by atoms with Crippen LogP contribution in [0, 0.1) is 0 Å². The summed E-state index contributed by atoms with van der Waals surface area (Å²) in [5, 5.41) is 7.21. The van der Waals surface area contributed by atoms with Crippen molar-refractivity contribution in [2.24, 2.45) is 5.10 Å². The molecule has 0 unspecified atom stereocenters. The fourth-order valence-electron chi connectivity index (χ4n) is 1.10. The third-order valence-electron chi connectivity index (χ3n) is 1.62. The molecular weight excluding hydrogens is 185 g/mol. The van der Waals surface area contributed by atoms with E-state index in [0.717, 1.165) is 19.5 Å². The van der Waals surface area contributed by atoms with Crippen LogP contribution in [0.25, 0.3) is 0 Å². The highest BCUT2D eigenvalue weighted by Crippen LogP contribution is 2.09. The highest BCUT2D eigenvalue weighted by atomic mass is 35.5. The molecule has 2 aliphatic heterocycles. The monoisotopic (exact) mass is 194 g/mol. The van der Waals surface area contributed by atoms with E-state index in [9.17, 15) is 0 Å². The molecule has 2 heterocycles. The second kappa shape index (κ2) is 4.59. The van der Waals surface area contributed by atoms with Gasteiger partial charge in [-0.3, -0.25) is 0 Å². The number of fused-ring (bicyclic) bond motifs is 1. The lowest BCUT2D eigenvalue weighted by atomic mass is 10.1. The van der Waals surface area contributed by atoms with E-state index in [0.29, 0.717) is 0 Å². The summed E-state index contributed by atoms with van der Waals surface area (Å²) in [6.07, 6.45) is 2.87. The van der Waals surface area contributed by atoms with E-state index in [1.165, 1.54) is 11.3 Å². The maximum atomic E-state index is 3.97. The quantitative estimate of drug-likeness (QED) is 0.606. The van der Waals surface area contributed by atoms with Crippen molar-refractivity contribution in [1.29, 1.82) is 0 Å². The maximum absolute atomic E-state index is 3.97. The molecule has 0 aromatic rings. The van der Waals surface area contributed by atoms with Crippen molar-refractivity contribution < 1.29 is 0 Å². The van der Waals surface area contributed by atoms with Gasteiger partial charge in [-0.25, -0.2) is 0 Å². The average molecular weight is 195 g/mol. The Labute approximate surface area is 78.1 Å². The normalized spacial score (nSPS) is 19.6. The van der Waals surface area contributed by atoms with Crippen LogP contribution in [-0.2, 0) is 0 Å². The minimum absolute atomic E-state index is 0. The van der Waals surface area contributed by atoms with Crippen molar-refractivity contribution in [3.8, 4) is 0 Å². The Morgan fingerprint density at radius 1 is 1.36 bits per heavy atom. The van der Waals surface area contributed by atoms with Crippen LogP contribution in [0.1, 0.15) is 6.42 Å². The molecule has 1 N–H and O–H groups in total. The number of hydrogen-bond acceptors (Lipinski definition) is 2. The van der Waals surface area contributed by atoms with E-state index in [4.69, 9.17) is 0 Å². The van der Waals surface area contributed by atoms with Crippen LogP contribution in [-0.4, -0.2) is 18.8 Å². The van der Waals surface area contributed by atoms with Crippen molar-refractivity contribution in [2.45, 2.75) is 6.42 Å². The van der Waals surface area contributed by atoms with Crippen LogP contribution in [0.4, 0.5) is 0 Å². The molecule has 2 rings (SSSR count). The smallest absolute Gasteiger partial charge is 0.0704 e. The molecule has 0 saturated carbocycles. The molecule has 11 heavy (non-hydrogen) atoms. The Morgan fingerprint density at radius 2 is 2.18 bits per heavy atom. The molecule has 1 fully saturated rings. The van der Waals surface area contributed by atoms with Crippen molar-refractivity contribution >= 4 is 30.5 Å². The highest BCUT2D eigenvalue weighted by molar-refractivity contribution is 6.02. The molecular formula is C6H10Cl2N3. The Kier molecular flexibility index (Phi) is 4.49. The van der Waals surface area contributed by atoms with Crippen molar-refractivity contribution in [1.82, 2.24) is 10.7 Å². The summed E-state index contributed by atoms with van der Waals surface area (Å²) in [5.41, 5.74) is 6.25. The second-order valence-electron chi connectivity index (χ2n) is 2.24. The molecule has 0 bridgehead atoms. The Hall–Kier alpha value is -0.250. The van der Waals surface area contributed by atoms with E-state index >= 15 is 0 Å². The first-order valence-corrected chi connectivity index (χ1v) is 3.13. The van der Waals surface area contributed by atoms with Gasteiger partial charge in [0, 0.05) is 25.1 Å². The van der Waals surface area contributed by atoms with Gasteiger partial charge in [-0.15, -0.1) is 24.8 Å². The summed E-state index contributed by atoms with van der Waals surface area (Å²) < 4.78 is 0. The number of piperidine rings is 1. The lowest BCUT2D eigenvalue weighted by molar-refractivity contribution is 0.733. The van der Waals surface area contributed by atoms with Gasteiger partial charge in [-0.1, -0.05) is 0 Å². The minimum atomic E-state index is 0. The first kappa shape index (κ1) is 10.8. The summed E-state index contributed by atoms with van der Waals surface area (Å²) in [6.45, 7) is 1.99. The van der Waals surface area contributed by atoms with Crippen LogP contribution in [0.5, 0.6) is 0 Å². The molecule has 3 nitrogen and oxygen atoms in total. The molecule has 63 valence electrons. The molecule has 0 aromatic carbocycles. The molecule has 5 heteroatoms. The van der Waals surface area contributed by atoms with Gasteiger partial charge in [0.15, 0.2) is 0 Å². The number of halogens is 2. The van der Waals surface area contributed by atoms with Crippen molar-refractivity contribution in [2.75, 3.05) is 13.1 Å². The third-order valence-corrected chi connectivity index (χ3v) is 1.62. The van der Waals surface area contributed by atoms with E-state index in [1.54, 1.807) is 0 Å².